The first-order valence-corrected chi connectivity index (χ1v) is 20.3. The fourth-order valence-electron chi connectivity index (χ4n) is 8.74. The Hall–Kier alpha value is -6.82. The summed E-state index contributed by atoms with van der Waals surface area (Å²) < 4.78 is 39.5. The maximum atomic E-state index is 16.2. The minimum absolute atomic E-state index is 0.0371. The minimum Gasteiger partial charge on any atom is -0.457 e. The van der Waals surface area contributed by atoms with Gasteiger partial charge in [-0.05, 0) is 93.4 Å². The van der Waals surface area contributed by atoms with E-state index >= 15 is 8.78 Å². The van der Waals surface area contributed by atoms with Gasteiger partial charge in [-0.2, -0.15) is 5.10 Å². The summed E-state index contributed by atoms with van der Waals surface area (Å²) in [4.78, 5) is 76.7. The van der Waals surface area contributed by atoms with Gasteiger partial charge in [0.05, 0.1) is 23.1 Å². The zero-order chi connectivity index (χ0) is 42.4. The number of imide groups is 2. The molecule has 4 N–H and O–H groups in total. The Bertz CT molecular complexity index is 2540. The molecule has 4 aliphatic heterocycles. The first-order valence-electron chi connectivity index (χ1n) is 20.3. The van der Waals surface area contributed by atoms with Gasteiger partial charge in [0.1, 0.15) is 41.4 Å². The zero-order valence-electron chi connectivity index (χ0n) is 32.9. The third-order valence-electron chi connectivity index (χ3n) is 11.9. The van der Waals surface area contributed by atoms with Crippen molar-refractivity contribution in [2.75, 3.05) is 50.3 Å². The number of fused-ring (bicyclic) bond motifs is 2. The van der Waals surface area contributed by atoms with Gasteiger partial charge in [0, 0.05) is 43.2 Å². The van der Waals surface area contributed by atoms with E-state index in [1.165, 1.54) is 15.9 Å². The highest BCUT2D eigenvalue weighted by Crippen LogP contribution is 2.41. The lowest BCUT2D eigenvalue weighted by Gasteiger charge is -2.41. The number of nitrogens with two attached hydrogens (primary N) is 1. The molecule has 2 atom stereocenters. The van der Waals surface area contributed by atoms with E-state index < -0.39 is 48.2 Å². The van der Waals surface area contributed by atoms with Gasteiger partial charge < -0.3 is 25.6 Å². The summed E-state index contributed by atoms with van der Waals surface area (Å²) in [6.07, 6.45) is 2.36. The maximum absolute atomic E-state index is 16.2. The number of nitrogen functional groups attached to an aromatic ring is 1. The van der Waals surface area contributed by atoms with Crippen LogP contribution < -0.4 is 21.1 Å². The van der Waals surface area contributed by atoms with E-state index in [0.29, 0.717) is 72.9 Å². The van der Waals surface area contributed by atoms with Crippen LogP contribution in [0.25, 0.3) is 22.3 Å². The van der Waals surface area contributed by atoms with Gasteiger partial charge in [0.2, 0.25) is 17.7 Å². The first kappa shape index (κ1) is 39.6. The summed E-state index contributed by atoms with van der Waals surface area (Å²) in [6, 6.07) is 18.8. The molecule has 0 aliphatic carbocycles. The van der Waals surface area contributed by atoms with E-state index in [1.54, 1.807) is 42.5 Å². The standard InChI is InChI=1S/C43H42F2N10O6/c44-43(45)23-53(20-16-33(43)55-38-35(37(46)48-24-49-38)36(51-55)25-6-9-29(10-7-25)61-28-4-2-1-3-5-28)40(58)26-14-18-52(19-15-26)21-17-47-27-8-11-30-31(22-27)42(60)54(41(30)59)32-12-13-34(56)50-39(32)57/h1-11,22,24,26,32-33,47H,12-21,23H2,(H2,46,48,49)(H,50,56,57). The van der Waals surface area contributed by atoms with Gasteiger partial charge in [0.25, 0.3) is 17.7 Å². The normalized spacial score (nSPS) is 20.8. The number of hydrogen-bond donors (Lipinski definition) is 3. The van der Waals surface area contributed by atoms with Crippen molar-refractivity contribution in [3.63, 3.8) is 0 Å². The number of halogens is 2. The summed E-state index contributed by atoms with van der Waals surface area (Å²) in [5, 5.41) is 10.5. The molecule has 61 heavy (non-hydrogen) atoms. The second-order valence-electron chi connectivity index (χ2n) is 15.8. The molecule has 2 aromatic heterocycles. The lowest BCUT2D eigenvalue weighted by molar-refractivity contribution is -0.154. The molecular weight excluding hydrogens is 791 g/mol. The van der Waals surface area contributed by atoms with Crippen molar-refractivity contribution >= 4 is 52.1 Å². The number of piperidine rings is 3. The van der Waals surface area contributed by atoms with E-state index in [2.05, 4.69) is 30.6 Å². The molecule has 5 amide bonds. The third kappa shape index (κ3) is 7.62. The number of aromatic nitrogens is 4. The number of benzene rings is 3. The van der Waals surface area contributed by atoms with Crippen molar-refractivity contribution < 1.29 is 37.5 Å². The number of nitrogens with zero attached hydrogens (tertiary/aromatic N) is 7. The number of ether oxygens (including phenoxy) is 1. The fourth-order valence-corrected chi connectivity index (χ4v) is 8.74. The number of hydrogen-bond acceptors (Lipinski definition) is 12. The molecule has 0 radical (unpaired) electrons. The lowest BCUT2D eigenvalue weighted by Crippen LogP contribution is -2.54. The second-order valence-corrected chi connectivity index (χ2v) is 15.8. The Morgan fingerprint density at radius 3 is 2.36 bits per heavy atom. The topological polar surface area (TPSA) is 198 Å². The van der Waals surface area contributed by atoms with Crippen LogP contribution in [0.1, 0.15) is 58.9 Å². The van der Waals surface area contributed by atoms with Crippen LogP contribution in [0.15, 0.2) is 79.1 Å². The summed E-state index contributed by atoms with van der Waals surface area (Å²) in [6.45, 7) is 1.72. The number of anilines is 2. The summed E-state index contributed by atoms with van der Waals surface area (Å²) in [7, 11) is 0. The monoisotopic (exact) mass is 832 g/mol. The van der Waals surface area contributed by atoms with Crippen molar-refractivity contribution in [2.45, 2.75) is 50.1 Å². The van der Waals surface area contributed by atoms with E-state index in [0.717, 1.165) is 4.90 Å². The second kappa shape index (κ2) is 16.0. The predicted molar refractivity (Wildman–Crippen MR) is 218 cm³/mol. The molecule has 5 aromatic rings. The number of nitrogens with one attached hydrogen (secondary N) is 2. The number of rotatable bonds is 10. The molecule has 0 saturated carbocycles. The molecule has 3 aromatic carbocycles. The molecule has 4 aliphatic rings. The van der Waals surface area contributed by atoms with Gasteiger partial charge in [0.15, 0.2) is 5.65 Å². The molecule has 0 bridgehead atoms. The molecular formula is C43H42F2N10O6. The van der Waals surface area contributed by atoms with E-state index in [9.17, 15) is 24.0 Å². The number of amides is 5. The quantitative estimate of drug-likeness (QED) is 0.167. The van der Waals surface area contributed by atoms with Crippen molar-refractivity contribution in [1.82, 2.24) is 39.8 Å². The van der Waals surface area contributed by atoms with Gasteiger partial charge in [-0.1, -0.05) is 18.2 Å². The van der Waals surface area contributed by atoms with Crippen LogP contribution in [0.3, 0.4) is 0 Å². The van der Waals surface area contributed by atoms with Gasteiger partial charge in [-0.3, -0.25) is 34.2 Å². The van der Waals surface area contributed by atoms with E-state index in [1.807, 2.05) is 30.3 Å². The smallest absolute Gasteiger partial charge is 0.287 e. The maximum Gasteiger partial charge on any atom is 0.287 e. The molecule has 3 fully saturated rings. The largest absolute Gasteiger partial charge is 0.457 e. The molecule has 314 valence electrons. The first-order chi connectivity index (χ1) is 29.4. The van der Waals surface area contributed by atoms with Crippen LogP contribution in [0.5, 0.6) is 11.5 Å². The van der Waals surface area contributed by atoms with Crippen LogP contribution in [-0.4, -0.2) is 115 Å². The average Bonchev–Trinajstić information content (AvgIpc) is 3.76. The van der Waals surface area contributed by atoms with Gasteiger partial charge in [-0.15, -0.1) is 0 Å². The highest BCUT2D eigenvalue weighted by molar-refractivity contribution is 6.23. The highest BCUT2D eigenvalue weighted by Gasteiger charge is 2.49. The molecule has 18 heteroatoms. The van der Waals surface area contributed by atoms with Gasteiger partial charge >= 0.3 is 0 Å². The summed E-state index contributed by atoms with van der Waals surface area (Å²) >= 11 is 0. The van der Waals surface area contributed by atoms with Gasteiger partial charge in [-0.25, -0.2) is 23.4 Å². The molecule has 2 unspecified atom stereocenters. The Labute approximate surface area is 348 Å². The molecule has 16 nitrogen and oxygen atoms in total. The number of likely N-dealkylation sites (tertiary alicyclic amines) is 2. The lowest BCUT2D eigenvalue weighted by atomic mass is 9.93. The van der Waals surface area contributed by atoms with Crippen LogP contribution in [0.2, 0.25) is 0 Å². The van der Waals surface area contributed by atoms with Crippen molar-refractivity contribution in [3.05, 3.63) is 90.3 Å². The number of para-hydroxylation sites is 1. The molecule has 0 spiro atoms. The average molecular weight is 833 g/mol. The van der Waals surface area contributed by atoms with Crippen LogP contribution in [0, 0.1) is 5.92 Å². The van der Waals surface area contributed by atoms with Crippen LogP contribution in [0.4, 0.5) is 20.3 Å². The molecule has 3 saturated heterocycles. The van der Waals surface area contributed by atoms with Crippen molar-refractivity contribution in [1.29, 1.82) is 0 Å². The van der Waals surface area contributed by atoms with E-state index in [4.69, 9.17) is 10.5 Å². The van der Waals surface area contributed by atoms with Crippen molar-refractivity contribution in [2.24, 2.45) is 5.92 Å². The molecule has 9 rings (SSSR count). The highest BCUT2D eigenvalue weighted by atomic mass is 19.3. The fraction of sp³-hybridized carbons (Fsp3) is 0.349. The number of carbonyl (C=O) groups excluding carboxylic acids is 5. The minimum atomic E-state index is -3.32. The zero-order valence-corrected chi connectivity index (χ0v) is 32.9. The molecule has 6 heterocycles. The number of carbonyl (C=O) groups is 5. The third-order valence-corrected chi connectivity index (χ3v) is 11.9. The predicted octanol–water partition coefficient (Wildman–Crippen LogP) is 4.50. The van der Waals surface area contributed by atoms with Crippen molar-refractivity contribution in [3.8, 4) is 22.8 Å². The number of alkyl halides is 2. The Balaban J connectivity index is 0.788. The summed E-state index contributed by atoms with van der Waals surface area (Å²) in [5.74, 6) is -4.86. The SMILES string of the molecule is Nc1ncnc2c1c(-c1ccc(Oc3ccccc3)cc1)nn2C1CCN(C(=O)C2CCN(CCNc3ccc4c(c3)C(=O)N(C3CCC(=O)NC3=O)C4=O)CC2)CC1(F)F. The van der Waals surface area contributed by atoms with Crippen LogP contribution >= 0.6 is 0 Å². The van der Waals surface area contributed by atoms with E-state index in [-0.39, 0.29) is 60.2 Å². The Morgan fingerprint density at radius 2 is 1.62 bits per heavy atom. The Morgan fingerprint density at radius 1 is 0.885 bits per heavy atom. The van der Waals surface area contributed by atoms with Crippen LogP contribution in [-0.2, 0) is 14.4 Å². The summed E-state index contributed by atoms with van der Waals surface area (Å²) in [5.41, 5.74) is 8.48. The Kier molecular flexibility index (Phi) is 10.4.